The Kier molecular flexibility index (Phi) is 5.24. The Hall–Kier alpha value is -1.52. The van der Waals surface area contributed by atoms with Gasteiger partial charge in [0.15, 0.2) is 0 Å². The summed E-state index contributed by atoms with van der Waals surface area (Å²) in [6.07, 6.45) is -2.39. The molecule has 2 rings (SSSR count). The van der Waals surface area contributed by atoms with Crippen LogP contribution in [-0.4, -0.2) is 26.2 Å². The SMILES string of the molecule is FC(F)COCCNCc1ccc2ccccc2c1. The highest BCUT2D eigenvalue weighted by atomic mass is 19.3. The van der Waals surface area contributed by atoms with Crippen LogP contribution < -0.4 is 5.32 Å². The van der Waals surface area contributed by atoms with Crippen molar-refractivity contribution in [3.63, 3.8) is 0 Å². The fourth-order valence-electron chi connectivity index (χ4n) is 1.90. The summed E-state index contributed by atoms with van der Waals surface area (Å²) < 4.78 is 28.4. The summed E-state index contributed by atoms with van der Waals surface area (Å²) in [5.41, 5.74) is 1.17. The Morgan fingerprint density at radius 3 is 2.63 bits per heavy atom. The number of benzene rings is 2. The van der Waals surface area contributed by atoms with Crippen molar-refractivity contribution in [2.75, 3.05) is 19.8 Å². The van der Waals surface area contributed by atoms with Crippen LogP contribution in [0, 0.1) is 0 Å². The highest BCUT2D eigenvalue weighted by Crippen LogP contribution is 2.15. The van der Waals surface area contributed by atoms with Crippen molar-refractivity contribution in [3.05, 3.63) is 48.0 Å². The van der Waals surface area contributed by atoms with E-state index in [0.717, 1.165) is 0 Å². The summed E-state index contributed by atoms with van der Waals surface area (Å²) in [5, 5.41) is 5.59. The van der Waals surface area contributed by atoms with Crippen LogP contribution in [0.3, 0.4) is 0 Å². The van der Waals surface area contributed by atoms with Gasteiger partial charge in [-0.1, -0.05) is 36.4 Å². The lowest BCUT2D eigenvalue weighted by atomic mass is 10.1. The molecule has 102 valence electrons. The van der Waals surface area contributed by atoms with Crippen molar-refractivity contribution in [2.45, 2.75) is 13.0 Å². The Bertz CT molecular complexity index is 516. The first-order chi connectivity index (χ1) is 9.25. The Morgan fingerprint density at radius 2 is 1.84 bits per heavy atom. The average Bonchev–Trinajstić information content (AvgIpc) is 2.42. The molecular weight excluding hydrogens is 248 g/mol. The number of nitrogens with one attached hydrogen (secondary N) is 1. The molecule has 2 aromatic rings. The molecule has 2 aromatic carbocycles. The van der Waals surface area contributed by atoms with Crippen LogP contribution >= 0.6 is 0 Å². The van der Waals surface area contributed by atoms with Crippen LogP contribution in [0.1, 0.15) is 5.56 Å². The molecule has 0 heterocycles. The summed E-state index contributed by atoms with van der Waals surface area (Å²) in [7, 11) is 0. The van der Waals surface area contributed by atoms with E-state index in [1.54, 1.807) is 0 Å². The quantitative estimate of drug-likeness (QED) is 0.776. The molecule has 0 aliphatic carbocycles. The molecule has 0 bridgehead atoms. The molecule has 0 saturated carbocycles. The molecule has 2 nitrogen and oxygen atoms in total. The second-order valence-electron chi connectivity index (χ2n) is 4.32. The van der Waals surface area contributed by atoms with Crippen LogP contribution in [0.15, 0.2) is 42.5 Å². The molecular formula is C15H17F2NO. The standard InChI is InChI=1S/C15H17F2NO/c16-15(17)11-19-8-7-18-10-12-5-6-13-3-1-2-4-14(13)9-12/h1-6,9,15,18H,7-8,10-11H2. The zero-order chi connectivity index (χ0) is 13.5. The summed E-state index contributed by atoms with van der Waals surface area (Å²) in [6, 6.07) is 14.4. The van der Waals surface area contributed by atoms with E-state index in [2.05, 4.69) is 35.6 Å². The van der Waals surface area contributed by atoms with Crippen LogP contribution in [0.5, 0.6) is 0 Å². The van der Waals surface area contributed by atoms with E-state index >= 15 is 0 Å². The molecule has 1 N–H and O–H groups in total. The Morgan fingerprint density at radius 1 is 1.05 bits per heavy atom. The average molecular weight is 265 g/mol. The lowest BCUT2D eigenvalue weighted by Crippen LogP contribution is -2.20. The highest BCUT2D eigenvalue weighted by molar-refractivity contribution is 5.82. The van der Waals surface area contributed by atoms with Crippen molar-refractivity contribution in [1.82, 2.24) is 5.32 Å². The van der Waals surface area contributed by atoms with Crippen molar-refractivity contribution >= 4 is 10.8 Å². The van der Waals surface area contributed by atoms with E-state index in [4.69, 9.17) is 4.74 Å². The molecule has 0 atom stereocenters. The summed E-state index contributed by atoms with van der Waals surface area (Å²) in [5.74, 6) is 0. The van der Waals surface area contributed by atoms with Gasteiger partial charge < -0.3 is 10.1 Å². The topological polar surface area (TPSA) is 21.3 Å². The van der Waals surface area contributed by atoms with Crippen LogP contribution in [-0.2, 0) is 11.3 Å². The van der Waals surface area contributed by atoms with Gasteiger partial charge in [0.05, 0.1) is 6.61 Å². The molecule has 0 unspecified atom stereocenters. The molecule has 19 heavy (non-hydrogen) atoms. The number of alkyl halides is 2. The van der Waals surface area contributed by atoms with E-state index in [0.29, 0.717) is 19.7 Å². The van der Waals surface area contributed by atoms with Crippen molar-refractivity contribution < 1.29 is 13.5 Å². The molecule has 0 radical (unpaired) electrons. The second-order valence-corrected chi connectivity index (χ2v) is 4.32. The maximum atomic E-state index is 11.8. The molecule has 0 aromatic heterocycles. The van der Waals surface area contributed by atoms with E-state index in [9.17, 15) is 8.78 Å². The van der Waals surface area contributed by atoms with Gasteiger partial charge in [0.25, 0.3) is 6.43 Å². The minimum Gasteiger partial charge on any atom is -0.374 e. The van der Waals surface area contributed by atoms with Gasteiger partial charge in [-0.05, 0) is 22.4 Å². The fourth-order valence-corrected chi connectivity index (χ4v) is 1.90. The lowest BCUT2D eigenvalue weighted by molar-refractivity contribution is 0.0187. The lowest BCUT2D eigenvalue weighted by Gasteiger charge is -2.07. The monoisotopic (exact) mass is 265 g/mol. The second kappa shape index (κ2) is 7.16. The third kappa shape index (κ3) is 4.58. The van der Waals surface area contributed by atoms with E-state index < -0.39 is 13.0 Å². The number of hydrogen-bond acceptors (Lipinski definition) is 2. The molecule has 0 amide bonds. The van der Waals surface area contributed by atoms with E-state index in [-0.39, 0.29) is 0 Å². The molecule has 0 aliphatic heterocycles. The Labute approximate surface area is 111 Å². The van der Waals surface area contributed by atoms with Gasteiger partial charge in [-0.3, -0.25) is 0 Å². The number of rotatable bonds is 7. The summed E-state index contributed by atoms with van der Waals surface area (Å²) in [6.45, 7) is 1.10. The van der Waals surface area contributed by atoms with Crippen LogP contribution in [0.25, 0.3) is 10.8 Å². The smallest absolute Gasteiger partial charge is 0.261 e. The van der Waals surface area contributed by atoms with Gasteiger partial charge in [0.2, 0.25) is 0 Å². The number of fused-ring (bicyclic) bond motifs is 1. The predicted octanol–water partition coefficient (Wildman–Crippen LogP) is 3.21. The van der Waals surface area contributed by atoms with Gasteiger partial charge in [0, 0.05) is 13.1 Å². The van der Waals surface area contributed by atoms with Gasteiger partial charge in [-0.2, -0.15) is 0 Å². The van der Waals surface area contributed by atoms with Gasteiger partial charge >= 0.3 is 0 Å². The third-order valence-corrected chi connectivity index (χ3v) is 2.81. The van der Waals surface area contributed by atoms with Crippen LogP contribution in [0.2, 0.25) is 0 Å². The Balaban J connectivity index is 1.75. The molecule has 0 saturated heterocycles. The maximum Gasteiger partial charge on any atom is 0.261 e. The molecule has 0 aliphatic rings. The normalized spacial score (nSPS) is 11.3. The third-order valence-electron chi connectivity index (χ3n) is 2.81. The number of hydrogen-bond donors (Lipinski definition) is 1. The minimum absolute atomic E-state index is 0.303. The predicted molar refractivity (Wildman–Crippen MR) is 72.5 cm³/mol. The first kappa shape index (κ1) is 13.9. The molecule has 4 heteroatoms. The first-order valence-corrected chi connectivity index (χ1v) is 6.30. The molecule has 0 fully saturated rings. The minimum atomic E-state index is -2.39. The number of ether oxygens (including phenoxy) is 1. The molecule has 0 spiro atoms. The van der Waals surface area contributed by atoms with Crippen molar-refractivity contribution in [3.8, 4) is 0 Å². The summed E-state index contributed by atoms with van der Waals surface area (Å²) in [4.78, 5) is 0. The number of halogens is 2. The zero-order valence-corrected chi connectivity index (χ0v) is 10.6. The van der Waals surface area contributed by atoms with Gasteiger partial charge in [-0.25, -0.2) is 8.78 Å². The van der Waals surface area contributed by atoms with Crippen molar-refractivity contribution in [1.29, 1.82) is 0 Å². The maximum absolute atomic E-state index is 11.8. The summed E-state index contributed by atoms with van der Waals surface area (Å²) >= 11 is 0. The van der Waals surface area contributed by atoms with E-state index in [1.807, 2.05) is 12.1 Å². The largest absolute Gasteiger partial charge is 0.374 e. The van der Waals surface area contributed by atoms with E-state index in [1.165, 1.54) is 16.3 Å². The van der Waals surface area contributed by atoms with Crippen molar-refractivity contribution in [2.24, 2.45) is 0 Å². The first-order valence-electron chi connectivity index (χ1n) is 6.30. The van der Waals surface area contributed by atoms with Crippen LogP contribution in [0.4, 0.5) is 8.78 Å². The van der Waals surface area contributed by atoms with Gasteiger partial charge in [-0.15, -0.1) is 0 Å². The highest BCUT2D eigenvalue weighted by Gasteiger charge is 2.01. The van der Waals surface area contributed by atoms with Gasteiger partial charge in [0.1, 0.15) is 6.61 Å². The zero-order valence-electron chi connectivity index (χ0n) is 10.6. The fraction of sp³-hybridized carbons (Fsp3) is 0.333.